The summed E-state index contributed by atoms with van der Waals surface area (Å²) in [4.78, 5) is 4.46. The molecule has 0 aliphatic heterocycles. The second-order valence-electron chi connectivity index (χ2n) is 11.3. The monoisotopic (exact) mass is 561 g/mol. The third kappa shape index (κ3) is 13.2. The maximum absolute atomic E-state index is 10.6. The molecule has 3 heteroatoms. The number of aliphatic imine (C=N–C) groups is 1. The summed E-state index contributed by atoms with van der Waals surface area (Å²) in [6.07, 6.45) is 1.82. The first-order valence-electron chi connectivity index (χ1n) is 12.3. The van der Waals surface area contributed by atoms with Gasteiger partial charge in [-0.15, -0.1) is 24.3 Å². The van der Waals surface area contributed by atoms with Gasteiger partial charge in [0.25, 0.3) is 0 Å². The van der Waals surface area contributed by atoms with Gasteiger partial charge in [0.1, 0.15) is 5.75 Å². The van der Waals surface area contributed by atoms with Crippen LogP contribution in [0.15, 0.2) is 77.8 Å². The van der Waals surface area contributed by atoms with Gasteiger partial charge >= 0.3 is 26.2 Å². The van der Waals surface area contributed by atoms with E-state index in [0.717, 1.165) is 28.8 Å². The molecule has 2 nitrogen and oxygen atoms in total. The van der Waals surface area contributed by atoms with Crippen LogP contribution in [0, 0.1) is 19.8 Å². The first-order chi connectivity index (χ1) is 16.2. The number of hydrogen-bond donors (Lipinski definition) is 1. The summed E-state index contributed by atoms with van der Waals surface area (Å²) in [6, 6.07) is 23.9. The quantitative estimate of drug-likeness (QED) is 0.251. The average Bonchev–Trinajstić information content (AvgIpc) is 2.75. The van der Waals surface area contributed by atoms with Crippen molar-refractivity contribution >= 4 is 6.21 Å². The van der Waals surface area contributed by atoms with Gasteiger partial charge < -0.3 is 5.11 Å². The Labute approximate surface area is 240 Å². The van der Waals surface area contributed by atoms with Crippen LogP contribution in [0.25, 0.3) is 0 Å². The minimum atomic E-state index is -0.0913. The zero-order valence-electron chi connectivity index (χ0n) is 23.6. The molecule has 0 saturated carbocycles. The van der Waals surface area contributed by atoms with Crippen LogP contribution < -0.4 is 0 Å². The second-order valence-corrected chi connectivity index (χ2v) is 11.3. The number of rotatable bonds is 3. The van der Waals surface area contributed by atoms with Crippen molar-refractivity contribution in [3.63, 3.8) is 0 Å². The topological polar surface area (TPSA) is 32.6 Å². The van der Waals surface area contributed by atoms with Crippen LogP contribution in [0.5, 0.6) is 5.75 Å². The minimum Gasteiger partial charge on any atom is -0.507 e. The Morgan fingerprint density at radius 3 is 1.53 bits per heavy atom. The van der Waals surface area contributed by atoms with Gasteiger partial charge in [0.15, 0.2) is 0 Å². The summed E-state index contributed by atoms with van der Waals surface area (Å²) >= 11 is 0. The normalized spacial score (nSPS) is 11.1. The molecule has 0 saturated heterocycles. The van der Waals surface area contributed by atoms with Crippen molar-refractivity contribution in [2.24, 2.45) is 10.9 Å². The summed E-state index contributed by atoms with van der Waals surface area (Å²) < 4.78 is 0. The Bertz CT molecular complexity index is 990. The molecule has 36 heavy (non-hydrogen) atoms. The zero-order chi connectivity index (χ0) is 26.6. The fourth-order valence-electron chi connectivity index (χ4n) is 3.08. The van der Waals surface area contributed by atoms with E-state index in [2.05, 4.69) is 86.4 Å². The predicted molar refractivity (Wildman–Crippen MR) is 155 cm³/mol. The molecule has 0 heterocycles. The summed E-state index contributed by atoms with van der Waals surface area (Å²) in [5, 5.41) is 10.6. The number of hydrogen-bond acceptors (Lipinski definition) is 2. The largest absolute Gasteiger partial charge is 2.00 e. The van der Waals surface area contributed by atoms with Crippen molar-refractivity contribution in [2.45, 2.75) is 66.2 Å². The Morgan fingerprint density at radius 2 is 1.22 bits per heavy atom. The molecular formula is C33H45NOZr. The second kappa shape index (κ2) is 15.8. The smallest absolute Gasteiger partial charge is 0.507 e. The predicted octanol–water partition coefficient (Wildman–Crippen LogP) is 8.80. The van der Waals surface area contributed by atoms with Crippen LogP contribution >= 0.6 is 0 Å². The van der Waals surface area contributed by atoms with E-state index in [1.807, 2.05) is 66.9 Å². The van der Waals surface area contributed by atoms with E-state index in [1.54, 1.807) is 0 Å². The molecule has 0 aliphatic rings. The molecule has 3 rings (SSSR count). The Kier molecular flexibility index (Phi) is 14.8. The molecule has 0 amide bonds. The number of benzene rings is 3. The maximum Gasteiger partial charge on any atom is 2.00 e. The molecule has 0 radical (unpaired) electrons. The summed E-state index contributed by atoms with van der Waals surface area (Å²) in [5.41, 5.74) is 5.15. The van der Waals surface area contributed by atoms with Crippen LogP contribution in [0.3, 0.4) is 0 Å². The van der Waals surface area contributed by atoms with E-state index in [-0.39, 0.29) is 37.0 Å². The fourth-order valence-corrected chi connectivity index (χ4v) is 3.08. The van der Waals surface area contributed by atoms with Crippen LogP contribution in [0.2, 0.25) is 0 Å². The van der Waals surface area contributed by atoms with Crippen LogP contribution in [0.1, 0.15) is 83.2 Å². The minimum absolute atomic E-state index is 0. The summed E-state index contributed by atoms with van der Waals surface area (Å²) in [5.74, 6) is 0.888. The fraction of sp³-hybridized carbons (Fsp3) is 0.364. The summed E-state index contributed by atoms with van der Waals surface area (Å²) in [7, 11) is 0. The Morgan fingerprint density at radius 1 is 0.778 bits per heavy atom. The van der Waals surface area contributed by atoms with Crippen molar-refractivity contribution in [2.75, 3.05) is 6.54 Å². The van der Waals surface area contributed by atoms with E-state index in [1.165, 1.54) is 5.56 Å². The van der Waals surface area contributed by atoms with Gasteiger partial charge in [0, 0.05) is 23.9 Å². The van der Waals surface area contributed by atoms with E-state index in [9.17, 15) is 5.11 Å². The Balaban J connectivity index is 0.000000659. The molecule has 3 aromatic rings. The SMILES string of the molecule is CC(C)CN=Cc1cc(C(C)(C)C)cc(C(C)(C)C)c1O.[CH2-]c1ccccc1.[CH2-]c1ccccc1.[Zr+2]. The summed E-state index contributed by atoms with van der Waals surface area (Å²) in [6.45, 7) is 25.5. The van der Waals surface area contributed by atoms with Crippen molar-refractivity contribution in [3.05, 3.63) is 114 Å². The zero-order valence-corrected chi connectivity index (χ0v) is 26.1. The molecular weight excluding hydrogens is 518 g/mol. The standard InChI is InChI=1S/C19H31NO.2C7H7.Zr/c1-13(2)11-20-12-14-9-15(18(3,4)5)10-16(17(14)21)19(6,7)8;2*1-7-5-3-2-4-6-7;/h9-10,12-13,21H,11H2,1-8H3;2*2-6H,1H2;/q;2*-1;+2. The molecule has 0 fully saturated rings. The molecule has 3 aromatic carbocycles. The third-order valence-corrected chi connectivity index (χ3v) is 5.20. The first kappa shape index (κ1) is 33.8. The van der Waals surface area contributed by atoms with E-state index >= 15 is 0 Å². The number of aromatic hydroxyl groups is 1. The first-order valence-corrected chi connectivity index (χ1v) is 12.3. The van der Waals surface area contributed by atoms with Gasteiger partial charge in [0.05, 0.1) is 0 Å². The van der Waals surface area contributed by atoms with Gasteiger partial charge in [-0.3, -0.25) is 4.99 Å². The molecule has 0 spiro atoms. The molecule has 0 bridgehead atoms. The molecule has 0 aliphatic carbocycles. The molecule has 192 valence electrons. The number of nitrogens with zero attached hydrogens (tertiary/aromatic N) is 1. The van der Waals surface area contributed by atoms with Crippen molar-refractivity contribution in [3.8, 4) is 5.75 Å². The van der Waals surface area contributed by atoms with Crippen molar-refractivity contribution < 1.29 is 31.3 Å². The van der Waals surface area contributed by atoms with Gasteiger partial charge in [-0.2, -0.15) is 49.2 Å². The van der Waals surface area contributed by atoms with Crippen molar-refractivity contribution in [1.29, 1.82) is 0 Å². The van der Waals surface area contributed by atoms with E-state index in [4.69, 9.17) is 0 Å². The molecule has 0 atom stereocenters. The van der Waals surface area contributed by atoms with Crippen LogP contribution in [0.4, 0.5) is 0 Å². The van der Waals surface area contributed by atoms with Crippen LogP contribution in [-0.2, 0) is 37.0 Å². The van der Waals surface area contributed by atoms with E-state index < -0.39 is 0 Å². The number of phenols is 1. The van der Waals surface area contributed by atoms with E-state index in [0.29, 0.717) is 11.7 Å². The van der Waals surface area contributed by atoms with Gasteiger partial charge in [0.2, 0.25) is 0 Å². The number of phenolic OH excluding ortho intramolecular Hbond substituents is 1. The average molecular weight is 563 g/mol. The van der Waals surface area contributed by atoms with Gasteiger partial charge in [-0.05, 0) is 28.4 Å². The van der Waals surface area contributed by atoms with Crippen molar-refractivity contribution in [1.82, 2.24) is 0 Å². The van der Waals surface area contributed by atoms with Crippen LogP contribution in [-0.4, -0.2) is 17.9 Å². The molecule has 0 aromatic heterocycles. The molecule has 0 unspecified atom stereocenters. The maximum atomic E-state index is 10.6. The van der Waals surface area contributed by atoms with Gasteiger partial charge in [-0.25, -0.2) is 0 Å². The molecule has 1 N–H and O–H groups in total. The third-order valence-electron chi connectivity index (χ3n) is 5.20. The van der Waals surface area contributed by atoms with Gasteiger partial charge in [-0.1, -0.05) is 73.6 Å². The Hall–Kier alpha value is -2.25.